The van der Waals surface area contributed by atoms with E-state index in [9.17, 15) is 19.2 Å². The van der Waals surface area contributed by atoms with E-state index in [1.54, 1.807) is 50.4 Å². The highest BCUT2D eigenvalue weighted by molar-refractivity contribution is 8.00. The molecule has 2 aromatic carbocycles. The number of rotatable bonds is 19. The molecule has 5 atom stereocenters. The molecule has 1 aliphatic heterocycles. The molecule has 288 valence electrons. The van der Waals surface area contributed by atoms with E-state index >= 15 is 0 Å². The molecule has 1 heterocycles. The smallest absolute Gasteiger partial charge is 0.408 e. The van der Waals surface area contributed by atoms with E-state index in [-0.39, 0.29) is 25.0 Å². The Hall–Kier alpha value is -4.05. The van der Waals surface area contributed by atoms with Gasteiger partial charge < -0.3 is 25.0 Å². The van der Waals surface area contributed by atoms with Crippen molar-refractivity contribution in [2.75, 3.05) is 18.9 Å². The van der Waals surface area contributed by atoms with Crippen LogP contribution in [-0.2, 0) is 28.6 Å². The number of nitrogens with zero attached hydrogens (tertiary/aromatic N) is 1. The summed E-state index contributed by atoms with van der Waals surface area (Å²) in [6.07, 6.45) is 9.25. The van der Waals surface area contributed by atoms with Crippen LogP contribution in [0.5, 0.6) is 0 Å². The highest BCUT2D eigenvalue weighted by Crippen LogP contribution is 2.50. The molecule has 10 heteroatoms. The maximum absolute atomic E-state index is 14.9. The number of allylic oxidation sites excluding steroid dienone is 1. The molecule has 0 unspecified atom stereocenters. The zero-order chi connectivity index (χ0) is 38.6. The number of thioether (sulfide) groups is 1. The third-order valence-corrected chi connectivity index (χ3v) is 11.6. The Balaban J connectivity index is 1.74. The van der Waals surface area contributed by atoms with Crippen molar-refractivity contribution in [3.05, 3.63) is 85.5 Å². The van der Waals surface area contributed by atoms with Crippen LogP contribution < -0.4 is 10.6 Å². The van der Waals surface area contributed by atoms with Gasteiger partial charge in [-0.1, -0.05) is 92.9 Å². The van der Waals surface area contributed by atoms with Crippen molar-refractivity contribution in [2.45, 2.75) is 120 Å². The number of ether oxygens (including phenoxy) is 2. The summed E-state index contributed by atoms with van der Waals surface area (Å²) in [7, 11) is 0. The largest absolute Gasteiger partial charge is 0.464 e. The molecule has 3 amide bonds. The number of hydrogen-bond donors (Lipinski definition) is 2. The van der Waals surface area contributed by atoms with Crippen molar-refractivity contribution in [3.63, 3.8) is 0 Å². The number of esters is 1. The summed E-state index contributed by atoms with van der Waals surface area (Å²) in [4.78, 5) is 57.4. The van der Waals surface area contributed by atoms with E-state index < -0.39 is 45.9 Å². The fourth-order valence-electron chi connectivity index (χ4n) is 7.03. The maximum atomic E-state index is 14.9. The van der Waals surface area contributed by atoms with Crippen LogP contribution in [0.25, 0.3) is 11.1 Å². The van der Waals surface area contributed by atoms with Gasteiger partial charge in [0.25, 0.3) is 0 Å². The van der Waals surface area contributed by atoms with E-state index in [1.807, 2.05) is 24.3 Å². The van der Waals surface area contributed by atoms with Gasteiger partial charge >= 0.3 is 12.1 Å². The molecule has 0 bridgehead atoms. The normalized spacial score (nSPS) is 22.7. The second-order valence-corrected chi connectivity index (χ2v) is 16.7. The molecule has 53 heavy (non-hydrogen) atoms. The molecule has 1 aliphatic carbocycles. The number of carbonyl (C=O) groups is 4. The Labute approximate surface area is 320 Å². The predicted octanol–water partition coefficient (Wildman–Crippen LogP) is 8.34. The lowest BCUT2D eigenvalue weighted by Crippen LogP contribution is -2.56. The number of carbonyl (C=O) groups excluding carboxylic acids is 4. The van der Waals surface area contributed by atoms with Gasteiger partial charge in [0.15, 0.2) is 0 Å². The minimum atomic E-state index is -1.22. The van der Waals surface area contributed by atoms with E-state index in [1.165, 1.54) is 0 Å². The fraction of sp³-hybridized carbons (Fsp3) is 0.535. The molecular weight excluding hydrogens is 687 g/mol. The SMILES string of the molecule is C=CCCCCC[C@H](NC(=O)OC(C)(C)C)C(=O)N1C[C@](SCCCC)(c2ccc(-c3ccccc3)cc2)C[C@H]1C(=O)N[C@]1(C(=O)OCC)C[C@H]1C=C. The summed E-state index contributed by atoms with van der Waals surface area (Å²) < 4.78 is 10.4. The zero-order valence-electron chi connectivity index (χ0n) is 32.3. The van der Waals surface area contributed by atoms with E-state index in [4.69, 9.17) is 9.47 Å². The van der Waals surface area contributed by atoms with E-state index in [0.717, 1.165) is 54.5 Å². The second kappa shape index (κ2) is 18.8. The molecule has 2 aromatic rings. The van der Waals surface area contributed by atoms with Crippen LogP contribution in [0.15, 0.2) is 79.9 Å². The van der Waals surface area contributed by atoms with Crippen LogP contribution >= 0.6 is 11.8 Å². The highest BCUT2D eigenvalue weighted by atomic mass is 32.2. The molecule has 2 N–H and O–H groups in total. The van der Waals surface area contributed by atoms with Crippen molar-refractivity contribution < 1.29 is 28.7 Å². The zero-order valence-corrected chi connectivity index (χ0v) is 33.1. The first-order valence-electron chi connectivity index (χ1n) is 19.2. The van der Waals surface area contributed by atoms with E-state index in [2.05, 4.69) is 67.1 Å². The third-order valence-electron chi connectivity index (χ3n) is 9.98. The van der Waals surface area contributed by atoms with Gasteiger partial charge in [-0.3, -0.25) is 9.59 Å². The van der Waals surface area contributed by atoms with Gasteiger partial charge in [-0.05, 0) is 88.7 Å². The third kappa shape index (κ3) is 10.8. The number of nitrogens with one attached hydrogen (secondary N) is 2. The van der Waals surface area contributed by atoms with Crippen LogP contribution in [0.1, 0.15) is 98.0 Å². The number of alkyl carbamates (subject to hydrolysis) is 1. The van der Waals surface area contributed by atoms with E-state index in [0.29, 0.717) is 25.7 Å². The fourth-order valence-corrected chi connectivity index (χ4v) is 8.66. The molecule has 1 saturated carbocycles. The quantitative estimate of drug-likeness (QED) is 0.0845. The topological polar surface area (TPSA) is 114 Å². The van der Waals surface area contributed by atoms with Gasteiger partial charge in [-0.2, -0.15) is 0 Å². The molecule has 9 nitrogen and oxygen atoms in total. The van der Waals surface area contributed by atoms with Crippen LogP contribution in [0.4, 0.5) is 4.79 Å². The predicted molar refractivity (Wildman–Crippen MR) is 213 cm³/mol. The Bertz CT molecular complexity index is 1570. The molecule has 2 aliphatic rings. The first-order chi connectivity index (χ1) is 25.3. The van der Waals surface area contributed by atoms with Crippen LogP contribution in [0.2, 0.25) is 0 Å². The summed E-state index contributed by atoms with van der Waals surface area (Å²) in [6.45, 7) is 17.3. The minimum Gasteiger partial charge on any atom is -0.464 e. The van der Waals surface area contributed by atoms with Crippen molar-refractivity contribution in [1.29, 1.82) is 0 Å². The molecule has 0 radical (unpaired) electrons. The standard InChI is InChI=1S/C43H59N3O6S/c1-8-12-14-15-19-22-35(44-40(50)52-41(5,6)7)38(48)46-30-42(53-27-13-9-2,34-25-23-32(24-26-34)31-20-17-16-18-21-31)29-36(46)37(47)45-43(28-33(43)10-3)39(49)51-11-4/h8,10,16-18,20-21,23-26,33,35-36H,1,3,9,11-15,19,22,27-30H2,2,4-7H3,(H,44,50)(H,45,47)/t33-,35+,36+,42+,43-/m1/s1. The summed E-state index contributed by atoms with van der Waals surface area (Å²) >= 11 is 1.76. The van der Waals surface area contributed by atoms with Gasteiger partial charge in [0.2, 0.25) is 11.8 Å². The molecular formula is C43H59N3O6S. The molecule has 0 aromatic heterocycles. The highest BCUT2D eigenvalue weighted by Gasteiger charge is 2.62. The Morgan fingerprint density at radius 2 is 1.66 bits per heavy atom. The number of hydrogen-bond acceptors (Lipinski definition) is 7. The van der Waals surface area contributed by atoms with Crippen molar-refractivity contribution >= 4 is 35.6 Å². The average molecular weight is 746 g/mol. The van der Waals surface area contributed by atoms with Crippen molar-refractivity contribution in [3.8, 4) is 11.1 Å². The molecule has 2 fully saturated rings. The summed E-state index contributed by atoms with van der Waals surface area (Å²) in [5.74, 6) is -0.710. The molecule has 1 saturated heterocycles. The first kappa shape index (κ1) is 41.7. The maximum Gasteiger partial charge on any atom is 0.408 e. The average Bonchev–Trinajstić information content (AvgIpc) is 3.71. The van der Waals surface area contributed by atoms with Crippen LogP contribution in [0, 0.1) is 5.92 Å². The number of likely N-dealkylation sites (tertiary alicyclic amines) is 1. The second-order valence-electron chi connectivity index (χ2n) is 15.2. The van der Waals surface area contributed by atoms with Crippen molar-refractivity contribution in [1.82, 2.24) is 15.5 Å². The number of unbranched alkanes of at least 4 members (excludes halogenated alkanes) is 4. The van der Waals surface area contributed by atoms with Gasteiger partial charge in [0.05, 0.1) is 11.4 Å². The Morgan fingerprint density at radius 3 is 2.26 bits per heavy atom. The van der Waals surface area contributed by atoms with Gasteiger partial charge in [0.1, 0.15) is 23.2 Å². The first-order valence-corrected chi connectivity index (χ1v) is 20.1. The lowest BCUT2D eigenvalue weighted by atomic mass is 9.93. The summed E-state index contributed by atoms with van der Waals surface area (Å²) in [5, 5.41) is 5.89. The monoisotopic (exact) mass is 745 g/mol. The van der Waals surface area contributed by atoms with Gasteiger partial charge in [0, 0.05) is 12.5 Å². The number of benzene rings is 2. The Morgan fingerprint density at radius 1 is 0.962 bits per heavy atom. The van der Waals surface area contributed by atoms with Crippen LogP contribution in [0.3, 0.4) is 0 Å². The Kier molecular flexibility index (Phi) is 14.8. The minimum absolute atomic E-state index is 0.176. The molecule has 0 spiro atoms. The summed E-state index contributed by atoms with van der Waals surface area (Å²) in [5.41, 5.74) is 1.20. The lowest BCUT2D eigenvalue weighted by molar-refractivity contribution is -0.150. The molecule has 4 rings (SSSR count). The number of amides is 3. The van der Waals surface area contributed by atoms with Crippen molar-refractivity contribution in [2.24, 2.45) is 5.92 Å². The van der Waals surface area contributed by atoms with Crippen LogP contribution in [-0.4, -0.2) is 70.9 Å². The van der Waals surface area contributed by atoms with Gasteiger partial charge in [-0.15, -0.1) is 24.9 Å². The summed E-state index contributed by atoms with van der Waals surface area (Å²) in [6, 6.07) is 16.7. The van der Waals surface area contributed by atoms with Gasteiger partial charge in [-0.25, -0.2) is 9.59 Å². The lowest BCUT2D eigenvalue weighted by Gasteiger charge is -2.32.